The highest BCUT2D eigenvalue weighted by Gasteiger charge is 2.32. The van der Waals surface area contributed by atoms with Crippen molar-refractivity contribution in [3.63, 3.8) is 0 Å². The average molecular weight is 434 g/mol. The Morgan fingerprint density at radius 2 is 2.03 bits per heavy atom. The van der Waals surface area contributed by atoms with Gasteiger partial charge in [-0.2, -0.15) is 0 Å². The van der Waals surface area contributed by atoms with Gasteiger partial charge >= 0.3 is 6.09 Å². The molecule has 0 saturated carbocycles. The van der Waals surface area contributed by atoms with E-state index in [-0.39, 0.29) is 18.6 Å². The van der Waals surface area contributed by atoms with E-state index >= 15 is 0 Å². The molecule has 1 aliphatic carbocycles. The molecule has 32 heavy (non-hydrogen) atoms. The SMILES string of the molecule is O=CCCCc1ccc2c(c1)C(COC(=O)NN1CCC[C@H]1C=O)c1cccc(C=O)c1-2. The lowest BCUT2D eigenvalue weighted by atomic mass is 9.95. The summed E-state index contributed by atoms with van der Waals surface area (Å²) in [6.07, 6.45) is 5.63. The molecule has 1 fully saturated rings. The third kappa shape index (κ3) is 4.34. The Morgan fingerprint density at radius 3 is 2.81 bits per heavy atom. The van der Waals surface area contributed by atoms with Gasteiger partial charge in [0.25, 0.3) is 0 Å². The maximum absolute atomic E-state index is 12.4. The number of aryl methyl sites for hydroxylation is 1. The second-order valence-corrected chi connectivity index (χ2v) is 8.21. The fourth-order valence-electron chi connectivity index (χ4n) is 4.69. The van der Waals surface area contributed by atoms with Gasteiger partial charge in [0.2, 0.25) is 0 Å². The molecule has 1 amide bonds. The zero-order valence-corrected chi connectivity index (χ0v) is 17.8. The fourth-order valence-corrected chi connectivity index (χ4v) is 4.69. The predicted molar refractivity (Wildman–Crippen MR) is 118 cm³/mol. The minimum absolute atomic E-state index is 0.117. The van der Waals surface area contributed by atoms with E-state index in [4.69, 9.17) is 4.74 Å². The van der Waals surface area contributed by atoms with Gasteiger partial charge in [0.1, 0.15) is 19.2 Å². The van der Waals surface area contributed by atoms with E-state index in [0.717, 1.165) is 65.9 Å². The molecule has 7 heteroatoms. The van der Waals surface area contributed by atoms with Crippen LogP contribution in [0.25, 0.3) is 11.1 Å². The van der Waals surface area contributed by atoms with Gasteiger partial charge in [-0.1, -0.05) is 36.4 Å². The van der Waals surface area contributed by atoms with Gasteiger partial charge in [-0.05, 0) is 53.5 Å². The van der Waals surface area contributed by atoms with Crippen LogP contribution >= 0.6 is 0 Å². The van der Waals surface area contributed by atoms with Crippen molar-refractivity contribution in [3.05, 3.63) is 58.7 Å². The number of hydrazine groups is 1. The highest BCUT2D eigenvalue weighted by atomic mass is 16.6. The summed E-state index contributed by atoms with van der Waals surface area (Å²) in [7, 11) is 0. The monoisotopic (exact) mass is 434 g/mol. The molecule has 4 rings (SSSR count). The standard InChI is InChI=1S/C25H26N2O5/c28-12-2-1-5-17-9-10-21-22(13-17)23(20-8-3-6-18(14-29)24(20)21)16-32-25(31)26-27-11-4-7-19(27)15-30/h3,6,8-10,12-15,19,23H,1-2,4-5,7,11,16H2,(H,26,31)/t19-,23?/m0/s1. The summed E-state index contributed by atoms with van der Waals surface area (Å²) < 4.78 is 5.56. The third-order valence-corrected chi connectivity index (χ3v) is 6.25. The number of ether oxygens (including phenoxy) is 1. The summed E-state index contributed by atoms with van der Waals surface area (Å²) in [6.45, 7) is 0.728. The molecule has 2 atom stereocenters. The van der Waals surface area contributed by atoms with Crippen molar-refractivity contribution in [1.82, 2.24) is 10.4 Å². The van der Waals surface area contributed by atoms with Crippen LogP contribution in [0.5, 0.6) is 0 Å². The number of carbonyl (C=O) groups is 4. The summed E-state index contributed by atoms with van der Waals surface area (Å²) in [4.78, 5) is 45.9. The van der Waals surface area contributed by atoms with E-state index in [0.29, 0.717) is 24.9 Å². The molecule has 1 N–H and O–H groups in total. The second-order valence-electron chi connectivity index (χ2n) is 8.21. The molecule has 0 bridgehead atoms. The maximum atomic E-state index is 12.4. The van der Waals surface area contributed by atoms with Gasteiger partial charge in [-0.25, -0.2) is 9.80 Å². The number of benzene rings is 2. The third-order valence-electron chi connectivity index (χ3n) is 6.25. The molecule has 0 aromatic heterocycles. The summed E-state index contributed by atoms with van der Waals surface area (Å²) >= 11 is 0. The first-order valence-electron chi connectivity index (χ1n) is 11.0. The Bertz CT molecular complexity index is 1030. The zero-order valence-electron chi connectivity index (χ0n) is 17.8. The van der Waals surface area contributed by atoms with Crippen molar-refractivity contribution >= 4 is 25.0 Å². The van der Waals surface area contributed by atoms with Crippen LogP contribution in [0.15, 0.2) is 36.4 Å². The normalized spacial score (nSPS) is 19.1. The first-order chi connectivity index (χ1) is 15.7. The number of nitrogens with zero attached hydrogens (tertiary/aromatic N) is 1. The number of amides is 1. The molecule has 2 aromatic carbocycles. The molecule has 2 aromatic rings. The highest BCUT2D eigenvalue weighted by molar-refractivity contribution is 5.93. The molecule has 2 aliphatic rings. The van der Waals surface area contributed by atoms with Crippen molar-refractivity contribution < 1.29 is 23.9 Å². The zero-order chi connectivity index (χ0) is 22.5. The average Bonchev–Trinajstić information content (AvgIpc) is 3.39. The number of hydrogen-bond acceptors (Lipinski definition) is 6. The minimum atomic E-state index is -0.595. The van der Waals surface area contributed by atoms with Crippen molar-refractivity contribution in [1.29, 1.82) is 0 Å². The first kappa shape index (κ1) is 21.9. The Kier molecular flexibility index (Phi) is 6.75. The summed E-state index contributed by atoms with van der Waals surface area (Å²) in [5.41, 5.74) is 8.20. The van der Waals surface area contributed by atoms with Crippen LogP contribution in [0.1, 0.15) is 58.6 Å². The topological polar surface area (TPSA) is 92.8 Å². The van der Waals surface area contributed by atoms with E-state index in [2.05, 4.69) is 11.5 Å². The van der Waals surface area contributed by atoms with Crippen molar-refractivity contribution in [3.8, 4) is 11.1 Å². The van der Waals surface area contributed by atoms with Gasteiger partial charge in [-0.3, -0.25) is 10.2 Å². The van der Waals surface area contributed by atoms with E-state index in [1.165, 1.54) is 0 Å². The van der Waals surface area contributed by atoms with Crippen LogP contribution in [0.2, 0.25) is 0 Å². The minimum Gasteiger partial charge on any atom is -0.448 e. The fraction of sp³-hybridized carbons (Fsp3) is 0.360. The number of carbonyl (C=O) groups excluding carboxylic acids is 4. The number of rotatable bonds is 9. The van der Waals surface area contributed by atoms with Crippen LogP contribution in [0.3, 0.4) is 0 Å². The van der Waals surface area contributed by atoms with Crippen LogP contribution in [0, 0.1) is 0 Å². The van der Waals surface area contributed by atoms with Crippen LogP contribution in [0.4, 0.5) is 4.79 Å². The van der Waals surface area contributed by atoms with Gasteiger partial charge in [0.15, 0.2) is 6.29 Å². The van der Waals surface area contributed by atoms with Crippen molar-refractivity contribution in [2.75, 3.05) is 13.2 Å². The molecule has 166 valence electrons. The molecule has 7 nitrogen and oxygen atoms in total. The van der Waals surface area contributed by atoms with E-state index in [9.17, 15) is 19.2 Å². The highest BCUT2D eigenvalue weighted by Crippen LogP contribution is 2.46. The van der Waals surface area contributed by atoms with E-state index in [1.807, 2.05) is 24.3 Å². The van der Waals surface area contributed by atoms with Gasteiger partial charge in [-0.15, -0.1) is 0 Å². The Morgan fingerprint density at radius 1 is 1.16 bits per heavy atom. The van der Waals surface area contributed by atoms with Gasteiger partial charge < -0.3 is 14.3 Å². The van der Waals surface area contributed by atoms with E-state index in [1.54, 1.807) is 11.1 Å². The number of aldehydes is 3. The lowest BCUT2D eigenvalue weighted by molar-refractivity contribution is -0.112. The summed E-state index contributed by atoms with van der Waals surface area (Å²) in [5, 5.41) is 1.61. The van der Waals surface area contributed by atoms with Gasteiger partial charge in [0, 0.05) is 24.4 Å². The molecule has 1 heterocycles. The molecule has 1 saturated heterocycles. The maximum Gasteiger partial charge on any atom is 0.421 e. The largest absolute Gasteiger partial charge is 0.448 e. The molecular weight excluding hydrogens is 408 g/mol. The Hall–Kier alpha value is -3.32. The second kappa shape index (κ2) is 9.87. The summed E-state index contributed by atoms with van der Waals surface area (Å²) in [6, 6.07) is 11.4. The summed E-state index contributed by atoms with van der Waals surface area (Å²) in [5.74, 6) is -0.197. The number of hydrogen-bond donors (Lipinski definition) is 1. The molecule has 0 radical (unpaired) electrons. The number of fused-ring (bicyclic) bond motifs is 3. The van der Waals surface area contributed by atoms with E-state index < -0.39 is 6.09 Å². The molecule has 1 aliphatic heterocycles. The molecule has 0 spiro atoms. The Labute approximate surface area is 186 Å². The van der Waals surface area contributed by atoms with Gasteiger partial charge in [0.05, 0.1) is 6.04 Å². The number of nitrogens with one attached hydrogen (secondary N) is 1. The first-order valence-corrected chi connectivity index (χ1v) is 11.0. The smallest absolute Gasteiger partial charge is 0.421 e. The lowest BCUT2D eigenvalue weighted by Crippen LogP contribution is -2.46. The molecular formula is C25H26N2O5. The van der Waals surface area contributed by atoms with Crippen LogP contribution in [-0.2, 0) is 20.7 Å². The van der Waals surface area contributed by atoms with Crippen molar-refractivity contribution in [2.24, 2.45) is 0 Å². The quantitative estimate of drug-likeness (QED) is 0.480. The van der Waals surface area contributed by atoms with Crippen LogP contribution < -0.4 is 5.43 Å². The molecule has 1 unspecified atom stereocenters. The lowest BCUT2D eigenvalue weighted by Gasteiger charge is -2.21. The van der Waals surface area contributed by atoms with Crippen LogP contribution in [-0.4, -0.2) is 49.2 Å². The van der Waals surface area contributed by atoms with Crippen molar-refractivity contribution in [2.45, 2.75) is 44.1 Å². The predicted octanol–water partition coefficient (Wildman–Crippen LogP) is 3.44. The Balaban J connectivity index is 1.55. The number of unbranched alkanes of at least 4 members (excludes halogenated alkanes) is 1.